The summed E-state index contributed by atoms with van der Waals surface area (Å²) in [7, 11) is -1.59. The van der Waals surface area contributed by atoms with Gasteiger partial charge in [-0.05, 0) is 32.4 Å². The van der Waals surface area contributed by atoms with Gasteiger partial charge in [0.15, 0.2) is 0 Å². The molecule has 1 aromatic rings. The number of carbonyl (C=O) groups excluding carboxylic acids is 1. The van der Waals surface area contributed by atoms with E-state index in [0.717, 1.165) is 5.56 Å². The minimum atomic E-state index is -1.59. The van der Waals surface area contributed by atoms with Crippen LogP contribution < -0.4 is 0 Å². The molecule has 0 N–H and O–H groups in total. The third-order valence-corrected chi connectivity index (χ3v) is 5.76. The molecule has 0 radical (unpaired) electrons. The maximum Gasteiger partial charge on any atom is 0.349 e. The monoisotopic (exact) mass is 292 g/mol. The Morgan fingerprint density at radius 3 is 2.75 bits per heavy atom. The van der Waals surface area contributed by atoms with Crippen LogP contribution in [0.15, 0.2) is 39.4 Å². The predicted molar refractivity (Wildman–Crippen MR) is 73.7 cm³/mol. The predicted octanol–water partition coefficient (Wildman–Crippen LogP) is 2.22. The molecule has 3 rings (SSSR count). The van der Waals surface area contributed by atoms with Gasteiger partial charge < -0.3 is 4.74 Å². The summed E-state index contributed by atoms with van der Waals surface area (Å²) in [5.74, 6) is -0.661. The third kappa shape index (κ3) is 1.82. The Morgan fingerprint density at radius 2 is 2.05 bits per heavy atom. The molecule has 0 aromatic heterocycles. The van der Waals surface area contributed by atoms with Crippen molar-refractivity contribution in [1.82, 2.24) is 0 Å². The molecular weight excluding hydrogens is 276 g/mol. The summed E-state index contributed by atoms with van der Waals surface area (Å²) in [5.41, 5.74) is 1.08. The number of aryl methyl sites for hydroxylation is 1. The van der Waals surface area contributed by atoms with Crippen molar-refractivity contribution in [3.05, 3.63) is 29.8 Å². The zero-order valence-corrected chi connectivity index (χ0v) is 12.2. The second-order valence-corrected chi connectivity index (χ2v) is 6.90. The van der Waals surface area contributed by atoms with Gasteiger partial charge in [-0.25, -0.2) is 4.79 Å². The molecule has 106 valence electrons. The van der Waals surface area contributed by atoms with Crippen molar-refractivity contribution in [2.45, 2.75) is 36.1 Å². The molecule has 0 spiro atoms. The van der Waals surface area contributed by atoms with Gasteiger partial charge in [-0.15, -0.1) is 0 Å². The molecule has 5 nitrogen and oxygen atoms in total. The van der Waals surface area contributed by atoms with Crippen molar-refractivity contribution in [2.75, 3.05) is 6.61 Å². The molecule has 1 fully saturated rings. The number of esters is 1. The maximum absolute atomic E-state index is 12.9. The van der Waals surface area contributed by atoms with Crippen molar-refractivity contribution in [3.63, 3.8) is 0 Å². The molecule has 0 saturated carbocycles. The van der Waals surface area contributed by atoms with Gasteiger partial charge >= 0.3 is 5.97 Å². The number of nitrogens with zero attached hydrogens (tertiary/aromatic N) is 2. The Bertz CT molecular complexity index is 599. The van der Waals surface area contributed by atoms with E-state index in [2.05, 4.69) is 10.2 Å². The molecule has 1 aromatic carbocycles. The van der Waals surface area contributed by atoms with E-state index < -0.39 is 21.6 Å². The maximum atomic E-state index is 12.9. The number of benzene rings is 1. The summed E-state index contributed by atoms with van der Waals surface area (Å²) in [6, 6.07) is 7.21. The second-order valence-electron chi connectivity index (χ2n) is 5.27. The lowest BCUT2D eigenvalue weighted by Crippen LogP contribution is -2.52. The van der Waals surface area contributed by atoms with Gasteiger partial charge in [-0.2, -0.15) is 10.2 Å². The van der Waals surface area contributed by atoms with Gasteiger partial charge in [0.2, 0.25) is 0 Å². The highest BCUT2D eigenvalue weighted by atomic mass is 32.2. The minimum Gasteiger partial charge on any atom is -0.463 e. The zero-order chi connectivity index (χ0) is 14.3. The number of fused-ring (bicyclic) bond motifs is 1. The van der Waals surface area contributed by atoms with Crippen molar-refractivity contribution in [3.8, 4) is 0 Å². The highest BCUT2D eigenvalue weighted by Gasteiger charge is 2.60. The minimum absolute atomic E-state index is 0.0998. The van der Waals surface area contributed by atoms with Gasteiger partial charge in [0.1, 0.15) is 0 Å². The van der Waals surface area contributed by atoms with E-state index in [9.17, 15) is 9.00 Å². The summed E-state index contributed by atoms with van der Waals surface area (Å²) in [4.78, 5) is 11.5. The van der Waals surface area contributed by atoms with E-state index >= 15 is 0 Å². The average Bonchev–Trinajstić information content (AvgIpc) is 2.79. The number of azo groups is 1. The topological polar surface area (TPSA) is 68.1 Å². The van der Waals surface area contributed by atoms with E-state index in [-0.39, 0.29) is 12.0 Å². The lowest BCUT2D eigenvalue weighted by molar-refractivity contribution is -0.152. The number of carbonyl (C=O) groups is 1. The first-order valence-electron chi connectivity index (χ1n) is 6.63. The molecule has 4 atom stereocenters. The fourth-order valence-corrected chi connectivity index (χ4v) is 4.43. The Kier molecular flexibility index (Phi) is 3.20. The fourth-order valence-electron chi connectivity index (χ4n) is 2.76. The number of hydrogen-bond acceptors (Lipinski definition) is 5. The number of hydrogen-bond donors (Lipinski definition) is 0. The lowest BCUT2D eigenvalue weighted by atomic mass is 9.89. The zero-order valence-electron chi connectivity index (χ0n) is 11.4. The molecule has 1 saturated heterocycles. The summed E-state index contributed by atoms with van der Waals surface area (Å²) in [6.45, 7) is 4.21. The molecule has 20 heavy (non-hydrogen) atoms. The molecule has 0 aliphatic carbocycles. The Hall–Kier alpha value is -1.56. The fraction of sp³-hybridized carbons (Fsp3) is 0.500. The second kappa shape index (κ2) is 4.77. The van der Waals surface area contributed by atoms with Gasteiger partial charge in [-0.1, -0.05) is 17.7 Å². The van der Waals surface area contributed by atoms with Crippen LogP contribution in [0.1, 0.15) is 18.9 Å². The Labute approximate surface area is 119 Å². The quantitative estimate of drug-likeness (QED) is 0.785. The van der Waals surface area contributed by atoms with Gasteiger partial charge in [0.25, 0.3) is 4.87 Å². The van der Waals surface area contributed by atoms with Crippen molar-refractivity contribution >= 4 is 16.8 Å². The van der Waals surface area contributed by atoms with E-state index in [4.69, 9.17) is 4.74 Å². The van der Waals surface area contributed by atoms with E-state index in [0.29, 0.717) is 17.9 Å². The Morgan fingerprint density at radius 1 is 1.35 bits per heavy atom. The molecule has 2 aliphatic heterocycles. The highest BCUT2D eigenvalue weighted by molar-refractivity contribution is 7.87. The van der Waals surface area contributed by atoms with E-state index in [1.54, 1.807) is 12.1 Å². The molecule has 0 unspecified atom stereocenters. The van der Waals surface area contributed by atoms with E-state index in [1.807, 2.05) is 26.0 Å². The first kappa shape index (κ1) is 13.4. The normalized spacial score (nSPS) is 33.6. The summed E-state index contributed by atoms with van der Waals surface area (Å²) in [6.07, 6.45) is 0.650. The first-order valence-corrected chi connectivity index (χ1v) is 7.78. The number of rotatable bonds is 2. The van der Waals surface area contributed by atoms with Crippen molar-refractivity contribution in [1.29, 1.82) is 0 Å². The molecule has 2 aliphatic rings. The molecule has 0 amide bonds. The van der Waals surface area contributed by atoms with Crippen molar-refractivity contribution < 1.29 is 13.7 Å². The number of cyclic esters (lactones) is 1. The van der Waals surface area contributed by atoms with Crippen LogP contribution in [0, 0.1) is 12.8 Å². The van der Waals surface area contributed by atoms with Crippen LogP contribution >= 0.6 is 0 Å². The SMILES string of the molecule is Cc1ccc([S@](=O)[C@@]23N=N[C@@H](C)[C@@H]2CCOC3=O)cc1. The number of ether oxygens (including phenoxy) is 1. The molecule has 2 heterocycles. The highest BCUT2D eigenvalue weighted by Crippen LogP contribution is 2.44. The van der Waals surface area contributed by atoms with Gasteiger partial charge in [0.05, 0.1) is 23.4 Å². The van der Waals surface area contributed by atoms with E-state index in [1.165, 1.54) is 0 Å². The summed E-state index contributed by atoms with van der Waals surface area (Å²) >= 11 is 0. The summed E-state index contributed by atoms with van der Waals surface area (Å²) < 4.78 is 18.1. The van der Waals surface area contributed by atoms with Crippen LogP contribution in [0.3, 0.4) is 0 Å². The van der Waals surface area contributed by atoms with Gasteiger partial charge in [0, 0.05) is 10.8 Å². The smallest absolute Gasteiger partial charge is 0.349 e. The van der Waals surface area contributed by atoms with Crippen LogP contribution in [-0.4, -0.2) is 27.7 Å². The largest absolute Gasteiger partial charge is 0.463 e. The standard InChI is InChI=1S/C14H16N2O3S/c1-9-3-5-11(6-4-9)20(18)14-12(10(2)15-16-14)7-8-19-13(14)17/h3-6,10,12H,7-8H2,1-2H3/t10-,12-,14-,20-/m0/s1. The molecular formula is C14H16N2O3S. The molecule has 0 bridgehead atoms. The van der Waals surface area contributed by atoms with Crippen LogP contribution in [0.5, 0.6) is 0 Å². The third-order valence-electron chi connectivity index (χ3n) is 3.95. The average molecular weight is 292 g/mol. The Balaban J connectivity index is 2.05. The molecule has 6 heteroatoms. The first-order chi connectivity index (χ1) is 9.55. The van der Waals surface area contributed by atoms with Crippen LogP contribution in [-0.2, 0) is 20.3 Å². The van der Waals surface area contributed by atoms with Crippen LogP contribution in [0.2, 0.25) is 0 Å². The lowest BCUT2D eigenvalue weighted by Gasteiger charge is -2.33. The van der Waals surface area contributed by atoms with Crippen molar-refractivity contribution in [2.24, 2.45) is 16.1 Å². The van der Waals surface area contributed by atoms with Crippen LogP contribution in [0.25, 0.3) is 0 Å². The van der Waals surface area contributed by atoms with Gasteiger partial charge in [-0.3, -0.25) is 4.21 Å². The van der Waals surface area contributed by atoms with Crippen LogP contribution in [0.4, 0.5) is 0 Å². The summed E-state index contributed by atoms with van der Waals surface area (Å²) in [5, 5.41) is 8.20.